The van der Waals surface area contributed by atoms with Gasteiger partial charge in [0, 0.05) is 19.3 Å². The molecular weight excluding hydrogens is 679 g/mol. The number of carboxylic acids is 1. The summed E-state index contributed by atoms with van der Waals surface area (Å²) >= 11 is 0. The highest BCUT2D eigenvalue weighted by molar-refractivity contribution is 5.70. The monoisotopic (exact) mass is 756 g/mol. The highest BCUT2D eigenvalue weighted by atomic mass is 16.6. The van der Waals surface area contributed by atoms with E-state index in [1.54, 1.807) is 21.1 Å². The molecule has 0 amide bonds. The summed E-state index contributed by atoms with van der Waals surface area (Å²) < 4.78 is 17.0. The number of carbonyl (C=O) groups is 3. The molecule has 0 spiro atoms. The molecular formula is C46H77NO7. The van der Waals surface area contributed by atoms with Crippen LogP contribution in [0.3, 0.4) is 0 Å². The van der Waals surface area contributed by atoms with Crippen molar-refractivity contribution in [1.29, 1.82) is 0 Å². The molecule has 0 N–H and O–H groups in total. The van der Waals surface area contributed by atoms with E-state index in [0.717, 1.165) is 64.2 Å². The quantitative estimate of drug-likeness (QED) is 0.0206. The lowest BCUT2D eigenvalue weighted by Gasteiger charge is -2.34. The first-order chi connectivity index (χ1) is 26.1. The molecule has 0 saturated carbocycles. The Hall–Kier alpha value is -3.23. The summed E-state index contributed by atoms with van der Waals surface area (Å²) in [5, 5.41) is 11.6. The number of nitrogens with zero attached hydrogens (tertiary/aromatic N) is 1. The van der Waals surface area contributed by atoms with E-state index in [2.05, 4.69) is 74.6 Å². The van der Waals surface area contributed by atoms with Gasteiger partial charge in [0.15, 0.2) is 6.10 Å². The minimum atomic E-state index is -1.14. The Kier molecular flexibility index (Phi) is 34.5. The highest BCUT2D eigenvalue weighted by Crippen LogP contribution is 2.12. The van der Waals surface area contributed by atoms with Crippen molar-refractivity contribution < 1.29 is 38.2 Å². The minimum absolute atomic E-state index is 0.0100. The molecule has 0 radical (unpaired) electrons. The summed E-state index contributed by atoms with van der Waals surface area (Å²) in [4.78, 5) is 36.7. The number of hydrogen-bond acceptors (Lipinski definition) is 7. The maximum atomic E-state index is 12.7. The molecule has 54 heavy (non-hydrogen) atoms. The van der Waals surface area contributed by atoms with Gasteiger partial charge in [-0.2, -0.15) is 0 Å². The molecule has 0 aliphatic rings. The van der Waals surface area contributed by atoms with Crippen molar-refractivity contribution in [3.05, 3.63) is 72.9 Å². The summed E-state index contributed by atoms with van der Waals surface area (Å²) in [6, 6.07) is -0.740. The predicted octanol–water partition coefficient (Wildman–Crippen LogP) is 9.85. The third kappa shape index (κ3) is 34.5. The first-order valence-electron chi connectivity index (χ1n) is 21.0. The number of rotatable bonds is 36. The van der Waals surface area contributed by atoms with E-state index in [1.807, 2.05) is 12.2 Å². The topological polar surface area (TPSA) is 102 Å². The van der Waals surface area contributed by atoms with Gasteiger partial charge in [-0.25, -0.2) is 0 Å². The third-order valence-corrected chi connectivity index (χ3v) is 8.89. The van der Waals surface area contributed by atoms with Gasteiger partial charge < -0.3 is 28.6 Å². The third-order valence-electron chi connectivity index (χ3n) is 8.89. The molecule has 0 heterocycles. The molecule has 8 nitrogen and oxygen atoms in total. The minimum Gasteiger partial charge on any atom is -0.544 e. The molecule has 0 aromatic rings. The van der Waals surface area contributed by atoms with E-state index in [0.29, 0.717) is 12.8 Å². The largest absolute Gasteiger partial charge is 0.544 e. The van der Waals surface area contributed by atoms with Crippen molar-refractivity contribution in [3.63, 3.8) is 0 Å². The molecule has 0 aliphatic heterocycles. The van der Waals surface area contributed by atoms with Gasteiger partial charge in [0.05, 0.1) is 40.3 Å². The van der Waals surface area contributed by atoms with Gasteiger partial charge in [-0.3, -0.25) is 9.59 Å². The van der Waals surface area contributed by atoms with Gasteiger partial charge in [-0.1, -0.05) is 138 Å². The number of carboxylic acid groups (broad SMARTS) is 1. The highest BCUT2D eigenvalue weighted by Gasteiger charge is 2.25. The van der Waals surface area contributed by atoms with E-state index < -0.39 is 18.1 Å². The SMILES string of the molecule is CC/C=C/C=C/C=C/CCCCCCCC(=O)OCC(COCCC(C(=O)[O-])[N+](C)(C)C)OC(=O)CCC/C=C/C/C=C/C/C=C/CCCCCCCC. The summed E-state index contributed by atoms with van der Waals surface area (Å²) in [5.74, 6) is -1.84. The zero-order chi connectivity index (χ0) is 40.0. The van der Waals surface area contributed by atoms with Gasteiger partial charge in [0.25, 0.3) is 0 Å². The Balaban J connectivity index is 4.51. The van der Waals surface area contributed by atoms with E-state index in [-0.39, 0.29) is 49.1 Å². The second-order valence-corrected chi connectivity index (χ2v) is 14.9. The smallest absolute Gasteiger partial charge is 0.306 e. The fourth-order valence-electron chi connectivity index (χ4n) is 5.61. The van der Waals surface area contributed by atoms with Gasteiger partial charge in [0.2, 0.25) is 0 Å². The Morgan fingerprint density at radius 1 is 0.593 bits per heavy atom. The van der Waals surface area contributed by atoms with Crippen LogP contribution < -0.4 is 5.11 Å². The molecule has 308 valence electrons. The lowest BCUT2D eigenvalue weighted by atomic mass is 10.1. The first-order valence-corrected chi connectivity index (χ1v) is 21.0. The van der Waals surface area contributed by atoms with Gasteiger partial charge >= 0.3 is 11.9 Å². The average Bonchev–Trinajstić information content (AvgIpc) is 3.12. The number of quaternary nitrogens is 1. The van der Waals surface area contributed by atoms with Crippen LogP contribution in [0, 0.1) is 0 Å². The fourth-order valence-corrected chi connectivity index (χ4v) is 5.61. The van der Waals surface area contributed by atoms with Gasteiger partial charge in [-0.15, -0.1) is 0 Å². The molecule has 8 heteroatoms. The molecule has 0 rings (SSSR count). The van der Waals surface area contributed by atoms with Crippen molar-refractivity contribution in [2.75, 3.05) is 41.0 Å². The second kappa shape index (κ2) is 36.7. The first kappa shape index (κ1) is 50.8. The van der Waals surface area contributed by atoms with Crippen LogP contribution in [0.15, 0.2) is 72.9 Å². The molecule has 0 saturated heterocycles. The standard InChI is InChI=1S/C46H77NO7/c1-6-8-10-12-14-16-18-20-21-22-23-25-27-29-31-33-35-37-45(49)54-42(40-52-39-38-43(46(50)51)47(3,4)5)41-53-44(48)36-34-32-30-28-26-24-19-17-15-13-11-9-7-2/h9,11,13,15,17,19-21,23,25,29,31,42-43H,6-8,10,12,14,16,18,22,24,26-28,30,32-41H2,1-5H3/b11-9+,15-13+,19-17+,21-20+,25-23+,31-29+. The molecule has 0 bridgehead atoms. The Labute approximate surface area is 330 Å². The van der Waals surface area contributed by atoms with Crippen LogP contribution in [0.5, 0.6) is 0 Å². The summed E-state index contributed by atoms with van der Waals surface area (Å²) in [6.45, 7) is 4.42. The van der Waals surface area contributed by atoms with Gasteiger partial charge in [0.1, 0.15) is 12.6 Å². The number of allylic oxidation sites excluding steroid dienone is 12. The zero-order valence-electron chi connectivity index (χ0n) is 34.9. The number of likely N-dealkylation sites (N-methyl/N-ethyl adjacent to an activating group) is 1. The zero-order valence-corrected chi connectivity index (χ0v) is 34.9. The van der Waals surface area contributed by atoms with Crippen molar-refractivity contribution >= 4 is 17.9 Å². The number of ether oxygens (including phenoxy) is 3. The number of aliphatic carboxylic acids is 1. The van der Waals surface area contributed by atoms with Crippen molar-refractivity contribution in [3.8, 4) is 0 Å². The lowest BCUT2D eigenvalue weighted by Crippen LogP contribution is -2.55. The maximum Gasteiger partial charge on any atom is 0.306 e. The summed E-state index contributed by atoms with van der Waals surface area (Å²) in [5.41, 5.74) is 0. The van der Waals surface area contributed by atoms with E-state index in [1.165, 1.54) is 44.9 Å². The van der Waals surface area contributed by atoms with E-state index >= 15 is 0 Å². The van der Waals surface area contributed by atoms with Crippen LogP contribution in [0.2, 0.25) is 0 Å². The van der Waals surface area contributed by atoms with Crippen molar-refractivity contribution in [1.82, 2.24) is 0 Å². The normalized spacial score (nSPS) is 13.7. The van der Waals surface area contributed by atoms with Crippen LogP contribution in [-0.2, 0) is 28.6 Å². The Bertz CT molecular complexity index is 1110. The summed E-state index contributed by atoms with van der Waals surface area (Å²) in [6.07, 6.45) is 45.1. The van der Waals surface area contributed by atoms with Crippen molar-refractivity contribution in [2.24, 2.45) is 0 Å². The summed E-state index contributed by atoms with van der Waals surface area (Å²) in [7, 11) is 5.37. The molecule has 0 aliphatic carbocycles. The second-order valence-electron chi connectivity index (χ2n) is 14.9. The maximum absolute atomic E-state index is 12.7. The molecule has 0 fully saturated rings. The van der Waals surface area contributed by atoms with Crippen molar-refractivity contribution in [2.45, 2.75) is 161 Å². The van der Waals surface area contributed by atoms with E-state index in [4.69, 9.17) is 14.2 Å². The van der Waals surface area contributed by atoms with E-state index in [9.17, 15) is 19.5 Å². The number of carbonyl (C=O) groups excluding carboxylic acids is 3. The van der Waals surface area contributed by atoms with Crippen LogP contribution in [0.25, 0.3) is 0 Å². The van der Waals surface area contributed by atoms with Crippen LogP contribution in [-0.4, -0.2) is 75.5 Å². The predicted molar refractivity (Wildman–Crippen MR) is 222 cm³/mol. The molecule has 2 unspecified atom stereocenters. The number of unbranched alkanes of at least 4 members (excludes halogenated alkanes) is 12. The number of hydrogen-bond donors (Lipinski definition) is 0. The molecule has 2 atom stereocenters. The Morgan fingerprint density at radius 2 is 1.13 bits per heavy atom. The lowest BCUT2D eigenvalue weighted by molar-refractivity contribution is -0.889. The Morgan fingerprint density at radius 3 is 1.74 bits per heavy atom. The average molecular weight is 756 g/mol. The van der Waals surface area contributed by atoms with Crippen LogP contribution >= 0.6 is 0 Å². The van der Waals surface area contributed by atoms with Gasteiger partial charge in [-0.05, 0) is 64.2 Å². The fraction of sp³-hybridized carbons (Fsp3) is 0.674. The van der Waals surface area contributed by atoms with Crippen LogP contribution in [0.4, 0.5) is 0 Å². The molecule has 0 aromatic heterocycles. The number of esters is 2. The van der Waals surface area contributed by atoms with Crippen LogP contribution in [0.1, 0.15) is 149 Å². The molecule has 0 aromatic carbocycles.